The molecular formula is C34H24F3N3OS2. The van der Waals surface area contributed by atoms with E-state index >= 15 is 0 Å². The first-order valence-electron chi connectivity index (χ1n) is 13.4. The van der Waals surface area contributed by atoms with Crippen LogP contribution in [0.3, 0.4) is 0 Å². The molecule has 0 spiro atoms. The number of hydrogen-bond donors (Lipinski definition) is 2. The molecule has 2 N–H and O–H groups in total. The molecule has 1 fully saturated rings. The number of fused-ring (bicyclic) bond motifs is 1. The van der Waals surface area contributed by atoms with Gasteiger partial charge in [-0.05, 0) is 64.1 Å². The average Bonchev–Trinajstić information content (AvgIpc) is 3.32. The quantitative estimate of drug-likeness (QED) is 0.143. The lowest BCUT2D eigenvalue weighted by Crippen LogP contribution is -2.17. The summed E-state index contributed by atoms with van der Waals surface area (Å²) in [5, 5.41) is 6.50. The lowest BCUT2D eigenvalue weighted by atomic mass is 9.91. The Bertz CT molecular complexity index is 1870. The molecule has 1 saturated heterocycles. The van der Waals surface area contributed by atoms with Crippen LogP contribution >= 0.6 is 24.0 Å². The van der Waals surface area contributed by atoms with Crippen LogP contribution in [0.4, 0.5) is 18.9 Å². The lowest BCUT2D eigenvalue weighted by Gasteiger charge is -2.17. The van der Waals surface area contributed by atoms with Crippen LogP contribution < -0.4 is 10.6 Å². The Morgan fingerprint density at radius 2 is 1.67 bits per heavy atom. The summed E-state index contributed by atoms with van der Waals surface area (Å²) in [6, 6.07) is 29.6. The molecule has 4 aromatic carbocycles. The number of pyridine rings is 1. The monoisotopic (exact) mass is 611 g/mol. The fourth-order valence-electron chi connectivity index (χ4n) is 5.08. The Morgan fingerprint density at radius 3 is 2.40 bits per heavy atom. The third-order valence-electron chi connectivity index (χ3n) is 7.09. The van der Waals surface area contributed by atoms with Crippen molar-refractivity contribution in [3.8, 4) is 11.1 Å². The number of alkyl halides is 3. The fraction of sp³-hybridized carbons (Fsp3) is 0.0882. The zero-order valence-electron chi connectivity index (χ0n) is 22.6. The molecule has 0 saturated carbocycles. The minimum absolute atomic E-state index is 0.0643. The van der Waals surface area contributed by atoms with Crippen molar-refractivity contribution in [2.45, 2.75) is 19.1 Å². The third-order valence-corrected chi connectivity index (χ3v) is 8.25. The van der Waals surface area contributed by atoms with Crippen LogP contribution in [0, 0.1) is 0 Å². The minimum Gasteiger partial charge on any atom is -0.381 e. The summed E-state index contributed by atoms with van der Waals surface area (Å²) in [6.45, 7) is 0.534. The van der Waals surface area contributed by atoms with E-state index in [4.69, 9.17) is 12.2 Å². The molecule has 0 aliphatic carbocycles. The van der Waals surface area contributed by atoms with Gasteiger partial charge in [-0.2, -0.15) is 13.2 Å². The predicted octanol–water partition coefficient (Wildman–Crippen LogP) is 8.61. The Morgan fingerprint density at radius 1 is 0.907 bits per heavy atom. The van der Waals surface area contributed by atoms with Crippen LogP contribution in [0.25, 0.3) is 28.1 Å². The van der Waals surface area contributed by atoms with E-state index in [-0.39, 0.29) is 11.4 Å². The van der Waals surface area contributed by atoms with Gasteiger partial charge in [-0.15, -0.1) is 0 Å². The summed E-state index contributed by atoms with van der Waals surface area (Å²) >= 11 is 6.29. The Labute approximate surface area is 256 Å². The number of hydrogen-bond acceptors (Lipinski definition) is 5. The van der Waals surface area contributed by atoms with E-state index in [0.29, 0.717) is 27.6 Å². The van der Waals surface area contributed by atoms with Crippen LogP contribution in [0.15, 0.2) is 108 Å². The molecular weight excluding hydrogens is 588 g/mol. The van der Waals surface area contributed by atoms with Crippen LogP contribution in [0.5, 0.6) is 0 Å². The number of rotatable bonds is 7. The van der Waals surface area contributed by atoms with Gasteiger partial charge in [-0.3, -0.25) is 9.78 Å². The molecule has 1 aliphatic rings. The summed E-state index contributed by atoms with van der Waals surface area (Å²) < 4.78 is 42.2. The van der Waals surface area contributed by atoms with Gasteiger partial charge in [0, 0.05) is 23.8 Å². The molecule has 9 heteroatoms. The van der Waals surface area contributed by atoms with E-state index in [2.05, 4.69) is 15.6 Å². The maximum atomic E-state index is 13.9. The van der Waals surface area contributed by atoms with Gasteiger partial charge in [0.1, 0.15) is 4.32 Å². The van der Waals surface area contributed by atoms with E-state index in [1.54, 1.807) is 18.3 Å². The molecule has 43 heavy (non-hydrogen) atoms. The molecule has 1 aliphatic heterocycles. The Balaban J connectivity index is 1.30. The zero-order valence-corrected chi connectivity index (χ0v) is 24.2. The first-order chi connectivity index (χ1) is 20.7. The standard InChI is InChI=1S/C34H24F3N3OS2/c35-34(36,37)28-11-5-10-27-30(25(20-39-31(27)28)16-21-6-2-1-3-7-21)24-8-4-9-26(18-24)38-19-23-14-12-22(13-15-23)17-29-32(41)40-33(42)43-29/h1-15,17-18,20,38H,16,19H2,(H,40,41,42). The molecule has 0 unspecified atom stereocenters. The van der Waals surface area contributed by atoms with E-state index in [1.165, 1.54) is 17.8 Å². The molecule has 4 nitrogen and oxygen atoms in total. The Kier molecular flexibility index (Phi) is 8.01. The molecule has 1 aromatic heterocycles. The summed E-state index contributed by atoms with van der Waals surface area (Å²) in [5.74, 6) is -0.191. The number of halogens is 3. The summed E-state index contributed by atoms with van der Waals surface area (Å²) in [5.41, 5.74) is 5.35. The van der Waals surface area contributed by atoms with Crippen molar-refractivity contribution in [2.24, 2.45) is 0 Å². The van der Waals surface area contributed by atoms with Gasteiger partial charge in [0.2, 0.25) is 0 Å². The number of carbonyl (C=O) groups excluding carboxylic acids is 1. The highest BCUT2D eigenvalue weighted by Gasteiger charge is 2.33. The fourth-order valence-corrected chi connectivity index (χ4v) is 6.12. The van der Waals surface area contributed by atoms with Crippen molar-refractivity contribution < 1.29 is 18.0 Å². The van der Waals surface area contributed by atoms with Crippen molar-refractivity contribution in [3.05, 3.63) is 136 Å². The van der Waals surface area contributed by atoms with Gasteiger partial charge in [-0.1, -0.05) is 103 Å². The predicted molar refractivity (Wildman–Crippen MR) is 172 cm³/mol. The molecule has 0 atom stereocenters. The van der Waals surface area contributed by atoms with E-state index in [1.807, 2.05) is 78.9 Å². The largest absolute Gasteiger partial charge is 0.418 e. The Hall–Kier alpha value is -4.47. The van der Waals surface area contributed by atoms with E-state index in [9.17, 15) is 18.0 Å². The van der Waals surface area contributed by atoms with E-state index < -0.39 is 11.7 Å². The number of carbonyl (C=O) groups is 1. The first-order valence-corrected chi connectivity index (χ1v) is 14.7. The highest BCUT2D eigenvalue weighted by atomic mass is 32.2. The highest BCUT2D eigenvalue weighted by Crippen LogP contribution is 2.39. The average molecular weight is 612 g/mol. The third kappa shape index (κ3) is 6.48. The number of thioether (sulfide) groups is 1. The van der Waals surface area contributed by atoms with Crippen molar-refractivity contribution in [3.63, 3.8) is 0 Å². The normalized spacial score (nSPS) is 14.3. The smallest absolute Gasteiger partial charge is 0.381 e. The number of amides is 1. The van der Waals surface area contributed by atoms with Gasteiger partial charge < -0.3 is 10.6 Å². The maximum Gasteiger partial charge on any atom is 0.418 e. The molecule has 2 heterocycles. The van der Waals surface area contributed by atoms with Gasteiger partial charge >= 0.3 is 6.18 Å². The van der Waals surface area contributed by atoms with Gasteiger partial charge in [-0.25, -0.2) is 0 Å². The van der Waals surface area contributed by atoms with Gasteiger partial charge in [0.25, 0.3) is 5.91 Å². The molecule has 214 valence electrons. The van der Waals surface area contributed by atoms with Gasteiger partial charge in [0.05, 0.1) is 16.0 Å². The second-order valence-corrected chi connectivity index (χ2v) is 11.8. The van der Waals surface area contributed by atoms with Crippen molar-refractivity contribution in [2.75, 3.05) is 5.32 Å². The second-order valence-electron chi connectivity index (χ2n) is 10.0. The number of aromatic nitrogens is 1. The minimum atomic E-state index is -4.52. The maximum absolute atomic E-state index is 13.9. The lowest BCUT2D eigenvalue weighted by molar-refractivity contribution is -0.136. The number of para-hydroxylation sites is 1. The number of anilines is 1. The van der Waals surface area contributed by atoms with Crippen molar-refractivity contribution >= 4 is 56.9 Å². The topological polar surface area (TPSA) is 54.0 Å². The molecule has 5 aromatic rings. The number of nitrogens with zero attached hydrogens (tertiary/aromatic N) is 1. The van der Waals surface area contributed by atoms with Crippen molar-refractivity contribution in [1.29, 1.82) is 0 Å². The van der Waals surface area contributed by atoms with Crippen LogP contribution in [-0.2, 0) is 23.9 Å². The zero-order chi connectivity index (χ0) is 30.0. The summed E-state index contributed by atoms with van der Waals surface area (Å²) in [6.07, 6.45) is -0.620. The first kappa shape index (κ1) is 28.6. The van der Waals surface area contributed by atoms with Crippen LogP contribution in [0.2, 0.25) is 0 Å². The SMILES string of the molecule is O=C1NC(=S)SC1=Cc1ccc(CNc2cccc(-c3c(Cc4ccccc4)cnc4c(C(F)(F)F)cccc34)c2)cc1. The molecule has 0 radical (unpaired) electrons. The number of benzene rings is 4. The van der Waals surface area contributed by atoms with Crippen LogP contribution in [-0.4, -0.2) is 15.2 Å². The highest BCUT2D eigenvalue weighted by molar-refractivity contribution is 8.26. The summed E-state index contributed by atoms with van der Waals surface area (Å²) in [4.78, 5) is 16.8. The molecule has 6 rings (SSSR count). The summed E-state index contributed by atoms with van der Waals surface area (Å²) in [7, 11) is 0. The van der Waals surface area contributed by atoms with Gasteiger partial charge in [0.15, 0.2) is 0 Å². The number of nitrogens with one attached hydrogen (secondary N) is 2. The second kappa shape index (κ2) is 12.0. The van der Waals surface area contributed by atoms with Crippen LogP contribution in [0.1, 0.15) is 27.8 Å². The number of thiocarbonyl (C=S) groups is 1. The molecule has 0 bridgehead atoms. The molecule has 1 amide bonds. The van der Waals surface area contributed by atoms with E-state index in [0.717, 1.165) is 45.1 Å². The van der Waals surface area contributed by atoms with Crippen molar-refractivity contribution in [1.82, 2.24) is 10.3 Å².